The summed E-state index contributed by atoms with van der Waals surface area (Å²) in [5.74, 6) is 0.289. The molecule has 0 N–H and O–H groups in total. The average molecular weight is 377 g/mol. The zero-order chi connectivity index (χ0) is 18.4. The number of unbranched alkanes of at least 4 members (excludes halogenated alkanes) is 4. The summed E-state index contributed by atoms with van der Waals surface area (Å²) in [6.07, 6.45) is 8.33. The first kappa shape index (κ1) is 19.0. The van der Waals surface area contributed by atoms with Gasteiger partial charge in [-0.05, 0) is 6.42 Å². The number of hydrogen-bond donors (Lipinski definition) is 0. The van der Waals surface area contributed by atoms with Crippen LogP contribution in [0.4, 0.5) is 0 Å². The number of hydrogen-bond acceptors (Lipinski definition) is 5. The van der Waals surface area contributed by atoms with Gasteiger partial charge in [-0.15, -0.1) is 11.3 Å². The Kier molecular flexibility index (Phi) is 6.80. The molecule has 0 aromatic carbocycles. The van der Waals surface area contributed by atoms with Crippen molar-refractivity contribution in [2.75, 3.05) is 26.2 Å². The predicted octanol–water partition coefficient (Wildman–Crippen LogP) is 2.76. The van der Waals surface area contributed by atoms with Gasteiger partial charge in [-0.2, -0.15) is 0 Å². The second kappa shape index (κ2) is 9.28. The van der Waals surface area contributed by atoms with E-state index in [0.29, 0.717) is 13.0 Å². The van der Waals surface area contributed by atoms with Gasteiger partial charge in [0, 0.05) is 56.8 Å². The minimum Gasteiger partial charge on any atom is -0.340 e. The van der Waals surface area contributed by atoms with Gasteiger partial charge < -0.3 is 4.90 Å². The van der Waals surface area contributed by atoms with Crippen molar-refractivity contribution in [3.8, 4) is 0 Å². The molecule has 2 aromatic heterocycles. The van der Waals surface area contributed by atoms with Crippen molar-refractivity contribution in [1.82, 2.24) is 19.2 Å². The minimum absolute atomic E-state index is 0.0249. The van der Waals surface area contributed by atoms with Crippen molar-refractivity contribution in [3.63, 3.8) is 0 Å². The highest BCUT2D eigenvalue weighted by molar-refractivity contribution is 7.15. The molecule has 3 rings (SSSR count). The van der Waals surface area contributed by atoms with Crippen molar-refractivity contribution in [1.29, 1.82) is 0 Å². The second-order valence-corrected chi connectivity index (χ2v) is 7.84. The lowest BCUT2D eigenvalue weighted by molar-refractivity contribution is -0.133. The van der Waals surface area contributed by atoms with E-state index in [9.17, 15) is 9.59 Å². The smallest absolute Gasteiger partial charge is 0.258 e. The van der Waals surface area contributed by atoms with Crippen LogP contribution in [0.5, 0.6) is 0 Å². The van der Waals surface area contributed by atoms with Crippen LogP contribution in [0.25, 0.3) is 4.96 Å². The van der Waals surface area contributed by atoms with Gasteiger partial charge in [0.25, 0.3) is 5.56 Å². The lowest BCUT2D eigenvalue weighted by Crippen LogP contribution is -2.48. The molecular weight excluding hydrogens is 348 g/mol. The summed E-state index contributed by atoms with van der Waals surface area (Å²) in [6, 6.07) is 1.62. The molecule has 1 amide bonds. The second-order valence-electron chi connectivity index (χ2n) is 6.96. The van der Waals surface area contributed by atoms with E-state index in [0.717, 1.165) is 49.7 Å². The van der Waals surface area contributed by atoms with E-state index in [4.69, 9.17) is 0 Å². The first-order chi connectivity index (χ1) is 12.7. The van der Waals surface area contributed by atoms with Crippen molar-refractivity contribution in [3.05, 3.63) is 33.7 Å². The normalized spacial score (nSPS) is 15.7. The van der Waals surface area contributed by atoms with Crippen LogP contribution in [0.2, 0.25) is 0 Å². The Bertz CT molecular complexity index is 777. The number of aromatic nitrogens is 2. The third-order valence-corrected chi connectivity index (χ3v) is 5.72. The standard InChI is InChI=1S/C19H28N4O2S/c1-2-3-4-5-6-7-17(24)22-10-8-21(9-11-22)15-16-14-18(25)23-12-13-26-19(23)20-16/h12-14H,2-11,15H2,1H3. The molecule has 0 spiro atoms. The topological polar surface area (TPSA) is 57.9 Å². The zero-order valence-electron chi connectivity index (χ0n) is 15.5. The van der Waals surface area contributed by atoms with Crippen LogP contribution in [0.15, 0.2) is 22.4 Å². The number of carbonyl (C=O) groups excluding carboxylic acids is 1. The Hall–Kier alpha value is -1.73. The van der Waals surface area contributed by atoms with Gasteiger partial charge in [-0.1, -0.05) is 32.6 Å². The van der Waals surface area contributed by atoms with Gasteiger partial charge in [0.2, 0.25) is 5.91 Å². The van der Waals surface area contributed by atoms with Crippen LogP contribution in [0, 0.1) is 0 Å². The Labute approximate surface area is 158 Å². The monoisotopic (exact) mass is 376 g/mol. The number of nitrogens with zero attached hydrogens (tertiary/aromatic N) is 4. The van der Waals surface area contributed by atoms with Crippen LogP contribution < -0.4 is 5.56 Å². The molecule has 142 valence electrons. The number of fused-ring (bicyclic) bond motifs is 1. The summed E-state index contributed by atoms with van der Waals surface area (Å²) < 4.78 is 1.57. The zero-order valence-corrected chi connectivity index (χ0v) is 16.3. The molecule has 1 saturated heterocycles. The molecule has 0 unspecified atom stereocenters. The van der Waals surface area contributed by atoms with Crippen molar-refractivity contribution in [2.45, 2.75) is 52.0 Å². The molecule has 7 heteroatoms. The lowest BCUT2D eigenvalue weighted by Gasteiger charge is -2.34. The number of carbonyl (C=O) groups is 1. The average Bonchev–Trinajstić information content (AvgIpc) is 3.11. The lowest BCUT2D eigenvalue weighted by atomic mass is 10.1. The molecule has 1 fully saturated rings. The quantitative estimate of drug-likeness (QED) is 0.665. The fraction of sp³-hybridized carbons (Fsp3) is 0.632. The Balaban J connectivity index is 1.44. The maximum absolute atomic E-state index is 12.3. The van der Waals surface area contributed by atoms with Crippen LogP contribution in [0.1, 0.15) is 51.1 Å². The number of piperazine rings is 1. The number of rotatable bonds is 8. The summed E-state index contributed by atoms with van der Waals surface area (Å²) in [7, 11) is 0. The summed E-state index contributed by atoms with van der Waals surface area (Å²) in [5.41, 5.74) is 0.788. The van der Waals surface area contributed by atoms with E-state index in [2.05, 4.69) is 16.8 Å². The van der Waals surface area contributed by atoms with Gasteiger partial charge in [0.15, 0.2) is 4.96 Å². The Morgan fingerprint density at radius 2 is 1.92 bits per heavy atom. The molecule has 26 heavy (non-hydrogen) atoms. The summed E-state index contributed by atoms with van der Waals surface area (Å²) in [6.45, 7) is 6.10. The largest absolute Gasteiger partial charge is 0.340 e. The third-order valence-electron chi connectivity index (χ3n) is 4.96. The fourth-order valence-corrected chi connectivity index (χ4v) is 4.13. The van der Waals surface area contributed by atoms with Gasteiger partial charge in [-0.25, -0.2) is 4.98 Å². The maximum Gasteiger partial charge on any atom is 0.258 e. The van der Waals surface area contributed by atoms with Crippen molar-refractivity contribution >= 4 is 22.2 Å². The number of amides is 1. The van der Waals surface area contributed by atoms with Crippen molar-refractivity contribution in [2.24, 2.45) is 0 Å². The van der Waals surface area contributed by atoms with E-state index in [-0.39, 0.29) is 11.5 Å². The first-order valence-corrected chi connectivity index (χ1v) is 10.5. The molecule has 1 aliphatic rings. The van der Waals surface area contributed by atoms with E-state index < -0.39 is 0 Å². The van der Waals surface area contributed by atoms with Gasteiger partial charge in [0.05, 0.1) is 5.69 Å². The minimum atomic E-state index is -0.0249. The Morgan fingerprint density at radius 3 is 2.69 bits per heavy atom. The van der Waals surface area contributed by atoms with Gasteiger partial charge in [0.1, 0.15) is 0 Å². The summed E-state index contributed by atoms with van der Waals surface area (Å²) >= 11 is 1.47. The third kappa shape index (κ3) is 4.92. The highest BCUT2D eigenvalue weighted by atomic mass is 32.1. The van der Waals surface area contributed by atoms with Crippen LogP contribution >= 0.6 is 11.3 Å². The van der Waals surface area contributed by atoms with Crippen LogP contribution in [0.3, 0.4) is 0 Å². The van der Waals surface area contributed by atoms with Crippen LogP contribution in [-0.2, 0) is 11.3 Å². The molecule has 0 aliphatic carbocycles. The SMILES string of the molecule is CCCCCCCC(=O)N1CCN(Cc2cc(=O)n3ccsc3n2)CC1. The van der Waals surface area contributed by atoms with Crippen molar-refractivity contribution < 1.29 is 4.79 Å². The van der Waals surface area contributed by atoms with Crippen LogP contribution in [-0.4, -0.2) is 51.3 Å². The molecule has 0 saturated carbocycles. The molecule has 0 bridgehead atoms. The Morgan fingerprint density at radius 1 is 1.15 bits per heavy atom. The maximum atomic E-state index is 12.3. The molecular formula is C19H28N4O2S. The molecule has 0 radical (unpaired) electrons. The number of thiazole rings is 1. The molecule has 3 heterocycles. The van der Waals surface area contributed by atoms with E-state index >= 15 is 0 Å². The van der Waals surface area contributed by atoms with E-state index in [1.165, 1.54) is 30.6 Å². The summed E-state index contributed by atoms with van der Waals surface area (Å²) in [5, 5.41) is 1.88. The summed E-state index contributed by atoms with van der Waals surface area (Å²) in [4.78, 5) is 33.9. The molecule has 0 atom stereocenters. The van der Waals surface area contributed by atoms with E-state index in [1.54, 1.807) is 16.7 Å². The fourth-order valence-electron chi connectivity index (χ4n) is 3.39. The van der Waals surface area contributed by atoms with Gasteiger partial charge in [-0.3, -0.25) is 18.9 Å². The molecule has 6 nitrogen and oxygen atoms in total. The molecule has 1 aliphatic heterocycles. The van der Waals surface area contributed by atoms with Gasteiger partial charge >= 0.3 is 0 Å². The highest BCUT2D eigenvalue weighted by Gasteiger charge is 2.21. The first-order valence-electron chi connectivity index (χ1n) is 9.63. The highest BCUT2D eigenvalue weighted by Crippen LogP contribution is 2.12. The van der Waals surface area contributed by atoms with E-state index in [1.807, 2.05) is 10.3 Å². The predicted molar refractivity (Wildman–Crippen MR) is 105 cm³/mol. The molecule has 2 aromatic rings.